The first-order valence-electron chi connectivity index (χ1n) is 4.76. The smallest absolute Gasteiger partial charge is 0.275 e. The third kappa shape index (κ3) is 2.24. The second-order valence-electron chi connectivity index (χ2n) is 3.27. The SMILES string of the molecule is N#CNNc1nc(C(F)(F)F)nc2ccccc12. The topological polar surface area (TPSA) is 73.6 Å². The second kappa shape index (κ2) is 4.37. The van der Waals surface area contributed by atoms with Gasteiger partial charge in [0, 0.05) is 5.39 Å². The summed E-state index contributed by atoms with van der Waals surface area (Å²) in [4.78, 5) is 6.78. The van der Waals surface area contributed by atoms with Crippen LogP contribution in [0.5, 0.6) is 0 Å². The second-order valence-corrected chi connectivity index (χ2v) is 3.27. The van der Waals surface area contributed by atoms with Crippen LogP contribution in [0, 0.1) is 11.5 Å². The van der Waals surface area contributed by atoms with E-state index in [1.54, 1.807) is 18.2 Å². The van der Waals surface area contributed by atoms with Gasteiger partial charge in [-0.05, 0) is 12.1 Å². The Morgan fingerprint density at radius 3 is 2.56 bits per heavy atom. The summed E-state index contributed by atoms with van der Waals surface area (Å²) in [6, 6.07) is 6.19. The Morgan fingerprint density at radius 1 is 1.17 bits per heavy atom. The zero-order valence-electron chi connectivity index (χ0n) is 8.78. The van der Waals surface area contributed by atoms with Crippen LogP contribution in [0.15, 0.2) is 24.3 Å². The first kappa shape index (κ1) is 11.9. The third-order valence-corrected chi connectivity index (χ3v) is 2.09. The Morgan fingerprint density at radius 2 is 1.89 bits per heavy atom. The maximum Gasteiger partial charge on any atom is 0.451 e. The monoisotopic (exact) mass is 253 g/mol. The molecule has 0 unspecified atom stereocenters. The molecule has 1 aromatic carbocycles. The van der Waals surface area contributed by atoms with Crippen molar-refractivity contribution in [1.82, 2.24) is 15.4 Å². The molecule has 2 N–H and O–H groups in total. The van der Waals surface area contributed by atoms with Gasteiger partial charge in [-0.2, -0.15) is 18.4 Å². The molecule has 0 aliphatic carbocycles. The van der Waals surface area contributed by atoms with Gasteiger partial charge in [0.05, 0.1) is 5.52 Å². The van der Waals surface area contributed by atoms with Crippen molar-refractivity contribution in [3.05, 3.63) is 30.1 Å². The van der Waals surface area contributed by atoms with Gasteiger partial charge < -0.3 is 0 Å². The minimum atomic E-state index is -4.65. The van der Waals surface area contributed by atoms with Crippen molar-refractivity contribution in [3.8, 4) is 6.19 Å². The normalized spacial score (nSPS) is 11.0. The Kier molecular flexibility index (Phi) is 2.89. The van der Waals surface area contributed by atoms with Crippen molar-refractivity contribution >= 4 is 16.7 Å². The number of para-hydroxylation sites is 1. The van der Waals surface area contributed by atoms with Crippen LogP contribution in [0.3, 0.4) is 0 Å². The van der Waals surface area contributed by atoms with Crippen LogP contribution in [0.1, 0.15) is 5.82 Å². The summed E-state index contributed by atoms with van der Waals surface area (Å²) < 4.78 is 37.7. The fourth-order valence-corrected chi connectivity index (χ4v) is 1.39. The number of hydrogen-bond donors (Lipinski definition) is 2. The molecule has 0 fully saturated rings. The summed E-state index contributed by atoms with van der Waals surface area (Å²) in [5.41, 5.74) is 4.46. The van der Waals surface area contributed by atoms with E-state index >= 15 is 0 Å². The molecule has 0 aliphatic rings. The summed E-state index contributed by atoms with van der Waals surface area (Å²) in [5, 5.41) is 8.72. The highest BCUT2D eigenvalue weighted by atomic mass is 19.4. The number of nitriles is 1. The average molecular weight is 253 g/mol. The maximum absolute atomic E-state index is 12.6. The Hall–Kier alpha value is -2.56. The minimum absolute atomic E-state index is 0.102. The highest BCUT2D eigenvalue weighted by Crippen LogP contribution is 2.29. The number of nitrogens with one attached hydrogen (secondary N) is 2. The quantitative estimate of drug-likeness (QED) is 0.486. The lowest BCUT2D eigenvalue weighted by molar-refractivity contribution is -0.144. The van der Waals surface area contributed by atoms with Crippen molar-refractivity contribution in [2.24, 2.45) is 0 Å². The Labute approximate surface area is 99.2 Å². The lowest BCUT2D eigenvalue weighted by Crippen LogP contribution is -2.19. The number of aromatic nitrogens is 2. The van der Waals surface area contributed by atoms with Crippen molar-refractivity contribution < 1.29 is 13.2 Å². The summed E-state index contributed by atoms with van der Waals surface area (Å²) in [6.07, 6.45) is -3.11. The fourth-order valence-electron chi connectivity index (χ4n) is 1.39. The Balaban J connectivity index is 2.61. The molecule has 0 atom stereocenters. The minimum Gasteiger partial charge on any atom is -0.275 e. The van der Waals surface area contributed by atoms with E-state index in [4.69, 9.17) is 5.26 Å². The number of rotatable bonds is 2. The van der Waals surface area contributed by atoms with Gasteiger partial charge in [0.1, 0.15) is 0 Å². The molecule has 0 bridgehead atoms. The molecular formula is C10H6F3N5. The van der Waals surface area contributed by atoms with E-state index < -0.39 is 12.0 Å². The number of anilines is 1. The molecule has 0 radical (unpaired) electrons. The first-order chi connectivity index (χ1) is 8.52. The molecule has 92 valence electrons. The molecule has 8 heteroatoms. The van der Waals surface area contributed by atoms with Gasteiger partial charge in [-0.25, -0.2) is 15.4 Å². The van der Waals surface area contributed by atoms with Gasteiger partial charge in [-0.1, -0.05) is 12.1 Å². The third-order valence-electron chi connectivity index (χ3n) is 2.09. The number of hydrogen-bond acceptors (Lipinski definition) is 5. The number of alkyl halides is 3. The van der Waals surface area contributed by atoms with Gasteiger partial charge in [0.25, 0.3) is 0 Å². The summed E-state index contributed by atoms with van der Waals surface area (Å²) in [7, 11) is 0. The summed E-state index contributed by atoms with van der Waals surface area (Å²) >= 11 is 0. The van der Waals surface area contributed by atoms with Gasteiger partial charge in [0.15, 0.2) is 12.0 Å². The molecular weight excluding hydrogens is 247 g/mol. The van der Waals surface area contributed by atoms with E-state index in [-0.39, 0.29) is 11.3 Å². The van der Waals surface area contributed by atoms with Crippen LogP contribution in [0.4, 0.5) is 19.0 Å². The number of hydrazine groups is 1. The molecule has 0 saturated carbocycles. The maximum atomic E-state index is 12.6. The lowest BCUT2D eigenvalue weighted by Gasteiger charge is -2.10. The number of fused-ring (bicyclic) bond motifs is 1. The van der Waals surface area contributed by atoms with Gasteiger partial charge in [-0.3, -0.25) is 5.43 Å². The van der Waals surface area contributed by atoms with Crippen LogP contribution in [-0.4, -0.2) is 9.97 Å². The average Bonchev–Trinajstić information content (AvgIpc) is 2.34. The molecule has 0 spiro atoms. The van der Waals surface area contributed by atoms with Crippen LogP contribution >= 0.6 is 0 Å². The van der Waals surface area contributed by atoms with E-state index in [0.29, 0.717) is 5.39 Å². The highest BCUT2D eigenvalue weighted by molar-refractivity contribution is 5.88. The lowest BCUT2D eigenvalue weighted by atomic mass is 10.2. The molecule has 2 rings (SSSR count). The molecule has 2 aromatic rings. The van der Waals surface area contributed by atoms with Crippen molar-refractivity contribution in [1.29, 1.82) is 5.26 Å². The van der Waals surface area contributed by atoms with E-state index in [1.165, 1.54) is 12.3 Å². The molecule has 1 aromatic heterocycles. The van der Waals surface area contributed by atoms with E-state index in [2.05, 4.69) is 15.4 Å². The van der Waals surface area contributed by atoms with E-state index in [1.807, 2.05) is 5.43 Å². The van der Waals surface area contributed by atoms with Gasteiger partial charge in [0.2, 0.25) is 5.82 Å². The van der Waals surface area contributed by atoms with Crippen molar-refractivity contribution in [2.45, 2.75) is 6.18 Å². The molecule has 0 aliphatic heterocycles. The zero-order valence-corrected chi connectivity index (χ0v) is 8.78. The number of halogens is 3. The van der Waals surface area contributed by atoms with Crippen molar-refractivity contribution in [3.63, 3.8) is 0 Å². The summed E-state index contributed by atoms with van der Waals surface area (Å²) in [6.45, 7) is 0. The van der Waals surface area contributed by atoms with Gasteiger partial charge >= 0.3 is 6.18 Å². The number of nitrogens with zero attached hydrogens (tertiary/aromatic N) is 3. The fraction of sp³-hybridized carbons (Fsp3) is 0.100. The van der Waals surface area contributed by atoms with Crippen LogP contribution < -0.4 is 10.9 Å². The molecule has 5 nitrogen and oxygen atoms in total. The molecule has 18 heavy (non-hydrogen) atoms. The van der Waals surface area contributed by atoms with Crippen molar-refractivity contribution in [2.75, 3.05) is 5.43 Å². The molecule has 0 saturated heterocycles. The predicted molar refractivity (Wildman–Crippen MR) is 56.9 cm³/mol. The van der Waals surface area contributed by atoms with Crippen LogP contribution in [0.25, 0.3) is 10.9 Å². The molecule has 0 amide bonds. The molecule has 1 heterocycles. The zero-order chi connectivity index (χ0) is 13.2. The standard InChI is InChI=1S/C10H6F3N5/c11-10(12,13)9-16-7-4-2-1-3-6(7)8(17-9)18-15-5-14/h1-4,15H,(H,16,17,18). The largest absolute Gasteiger partial charge is 0.451 e. The highest BCUT2D eigenvalue weighted by Gasteiger charge is 2.35. The van der Waals surface area contributed by atoms with Crippen LogP contribution in [-0.2, 0) is 6.18 Å². The van der Waals surface area contributed by atoms with E-state index in [9.17, 15) is 13.2 Å². The number of benzene rings is 1. The van der Waals surface area contributed by atoms with E-state index in [0.717, 1.165) is 0 Å². The first-order valence-corrected chi connectivity index (χ1v) is 4.76. The Bertz CT molecular complexity index is 617. The van der Waals surface area contributed by atoms with Gasteiger partial charge in [-0.15, -0.1) is 0 Å². The predicted octanol–water partition coefficient (Wildman–Crippen LogP) is 2.05. The van der Waals surface area contributed by atoms with Crippen LogP contribution in [0.2, 0.25) is 0 Å². The summed E-state index contributed by atoms with van der Waals surface area (Å²) in [5.74, 6) is -1.36.